The molecule has 2 rings (SSSR count). The van der Waals surface area contributed by atoms with Gasteiger partial charge in [-0.15, -0.1) is 0 Å². The third-order valence-corrected chi connectivity index (χ3v) is 5.33. The number of sulfone groups is 1. The highest BCUT2D eigenvalue weighted by atomic mass is 32.2. The van der Waals surface area contributed by atoms with Gasteiger partial charge in [0.2, 0.25) is 0 Å². The average Bonchev–Trinajstić information content (AvgIpc) is 2.35. The van der Waals surface area contributed by atoms with Gasteiger partial charge in [-0.1, -0.05) is 13.0 Å². The molecule has 0 spiro atoms. The molecule has 3 unspecified atom stereocenters. The number of benzene rings is 1. The molecule has 1 aromatic rings. The molecule has 3 atom stereocenters. The first kappa shape index (κ1) is 15.3. The van der Waals surface area contributed by atoms with E-state index in [9.17, 15) is 8.42 Å². The molecule has 0 bridgehead atoms. The molecule has 0 saturated carbocycles. The first-order valence-electron chi connectivity index (χ1n) is 7.04. The molecule has 1 saturated heterocycles. The molecule has 0 aromatic heterocycles. The fourth-order valence-corrected chi connectivity index (χ4v) is 3.44. The minimum atomic E-state index is -3.15. The third kappa shape index (κ3) is 3.52. The van der Waals surface area contributed by atoms with Crippen molar-refractivity contribution in [2.75, 3.05) is 25.2 Å². The van der Waals surface area contributed by atoms with Gasteiger partial charge in [-0.25, -0.2) is 8.42 Å². The van der Waals surface area contributed by atoms with E-state index in [0.29, 0.717) is 22.9 Å². The van der Waals surface area contributed by atoms with Gasteiger partial charge < -0.3 is 10.2 Å². The molecule has 112 valence electrons. The molecule has 1 aromatic carbocycles. The van der Waals surface area contributed by atoms with Gasteiger partial charge in [0.05, 0.1) is 4.90 Å². The van der Waals surface area contributed by atoms with Crippen LogP contribution in [-0.2, 0) is 9.84 Å². The third-order valence-electron chi connectivity index (χ3n) is 4.22. The number of piperidine rings is 1. The summed E-state index contributed by atoms with van der Waals surface area (Å²) in [7, 11) is -0.993. The van der Waals surface area contributed by atoms with E-state index in [1.807, 2.05) is 6.07 Å². The Balaban J connectivity index is 2.14. The summed E-state index contributed by atoms with van der Waals surface area (Å²) in [5.74, 6) is 0.540. The van der Waals surface area contributed by atoms with Crippen LogP contribution in [0.15, 0.2) is 29.2 Å². The van der Waals surface area contributed by atoms with Crippen molar-refractivity contribution >= 4 is 15.5 Å². The van der Waals surface area contributed by atoms with E-state index < -0.39 is 9.84 Å². The maximum absolute atomic E-state index is 11.6. The molecule has 1 aliphatic rings. The van der Waals surface area contributed by atoms with Crippen LogP contribution in [0.2, 0.25) is 0 Å². The number of anilines is 1. The second kappa shape index (κ2) is 5.74. The molecular formula is C15H24N2O2S. The molecule has 4 nitrogen and oxygen atoms in total. The lowest BCUT2D eigenvalue weighted by Crippen LogP contribution is -2.48. The Morgan fingerprint density at radius 1 is 1.30 bits per heavy atom. The van der Waals surface area contributed by atoms with Crippen molar-refractivity contribution < 1.29 is 8.42 Å². The highest BCUT2D eigenvalue weighted by molar-refractivity contribution is 7.90. The topological polar surface area (TPSA) is 49.4 Å². The van der Waals surface area contributed by atoms with Crippen molar-refractivity contribution in [1.29, 1.82) is 0 Å². The molecule has 1 N–H and O–H groups in total. The number of hydrogen-bond donors (Lipinski definition) is 1. The van der Waals surface area contributed by atoms with Gasteiger partial charge in [0.25, 0.3) is 0 Å². The fourth-order valence-electron chi connectivity index (χ4n) is 2.77. The van der Waals surface area contributed by atoms with E-state index in [4.69, 9.17) is 0 Å². The van der Waals surface area contributed by atoms with E-state index in [1.54, 1.807) is 18.2 Å². The Labute approximate surface area is 122 Å². The summed E-state index contributed by atoms with van der Waals surface area (Å²) in [5, 5.41) is 3.50. The second-order valence-electron chi connectivity index (χ2n) is 6.05. The number of nitrogens with zero attached hydrogens (tertiary/aromatic N) is 1. The van der Waals surface area contributed by atoms with E-state index in [-0.39, 0.29) is 0 Å². The van der Waals surface area contributed by atoms with Crippen molar-refractivity contribution in [1.82, 2.24) is 4.90 Å². The highest BCUT2D eigenvalue weighted by Crippen LogP contribution is 2.25. The monoisotopic (exact) mass is 296 g/mol. The Bertz CT molecular complexity index is 571. The van der Waals surface area contributed by atoms with Crippen molar-refractivity contribution in [3.05, 3.63) is 24.3 Å². The van der Waals surface area contributed by atoms with Crippen LogP contribution in [0.5, 0.6) is 0 Å². The lowest BCUT2D eigenvalue weighted by atomic mass is 9.89. The van der Waals surface area contributed by atoms with Gasteiger partial charge in [0.1, 0.15) is 0 Å². The largest absolute Gasteiger partial charge is 0.382 e. The predicted molar refractivity (Wildman–Crippen MR) is 82.8 cm³/mol. The summed E-state index contributed by atoms with van der Waals surface area (Å²) in [5.41, 5.74) is 0.890. The molecule has 1 heterocycles. The van der Waals surface area contributed by atoms with Gasteiger partial charge in [-0.05, 0) is 44.5 Å². The molecule has 1 aliphatic heterocycles. The maximum Gasteiger partial charge on any atom is 0.175 e. The van der Waals surface area contributed by atoms with Crippen LogP contribution in [0, 0.1) is 5.92 Å². The quantitative estimate of drug-likeness (QED) is 0.929. The minimum absolute atomic E-state index is 0.371. The van der Waals surface area contributed by atoms with Gasteiger partial charge in [0, 0.05) is 30.6 Å². The number of nitrogens with one attached hydrogen (secondary N) is 1. The van der Waals surface area contributed by atoms with Crippen molar-refractivity contribution in [3.8, 4) is 0 Å². The molecule has 0 amide bonds. The molecule has 0 aliphatic carbocycles. The highest BCUT2D eigenvalue weighted by Gasteiger charge is 2.28. The van der Waals surface area contributed by atoms with Crippen molar-refractivity contribution in [2.24, 2.45) is 5.92 Å². The molecular weight excluding hydrogens is 272 g/mol. The van der Waals surface area contributed by atoms with E-state index in [0.717, 1.165) is 18.7 Å². The summed E-state index contributed by atoms with van der Waals surface area (Å²) >= 11 is 0. The van der Waals surface area contributed by atoms with E-state index in [1.165, 1.54) is 6.26 Å². The Morgan fingerprint density at radius 3 is 2.65 bits per heavy atom. The number of likely N-dealkylation sites (tertiary alicyclic amines) is 1. The van der Waals surface area contributed by atoms with Crippen LogP contribution in [0.1, 0.15) is 20.3 Å². The smallest absolute Gasteiger partial charge is 0.175 e. The van der Waals surface area contributed by atoms with Gasteiger partial charge in [-0.3, -0.25) is 0 Å². The van der Waals surface area contributed by atoms with Gasteiger partial charge >= 0.3 is 0 Å². The van der Waals surface area contributed by atoms with Gasteiger partial charge in [-0.2, -0.15) is 0 Å². The van der Waals surface area contributed by atoms with Gasteiger partial charge in [0.15, 0.2) is 9.84 Å². The standard InChI is InChI=1S/C15H24N2O2S/c1-11-10-17(3)12(2)8-15(11)16-13-6-5-7-14(9-13)20(4,18)19/h5-7,9,11-12,15-16H,8,10H2,1-4H3. The van der Waals surface area contributed by atoms with Crippen molar-refractivity contribution in [2.45, 2.75) is 37.2 Å². The zero-order valence-electron chi connectivity index (χ0n) is 12.6. The van der Waals surface area contributed by atoms with Crippen molar-refractivity contribution in [3.63, 3.8) is 0 Å². The SMILES string of the molecule is CC1CN(C)C(C)CC1Nc1cccc(S(C)(=O)=O)c1. The number of rotatable bonds is 3. The molecule has 0 radical (unpaired) electrons. The molecule has 5 heteroatoms. The average molecular weight is 296 g/mol. The summed E-state index contributed by atoms with van der Waals surface area (Å²) < 4.78 is 23.2. The van der Waals surface area contributed by atoms with Crippen LogP contribution in [-0.4, -0.2) is 45.2 Å². The van der Waals surface area contributed by atoms with E-state index >= 15 is 0 Å². The van der Waals surface area contributed by atoms with Crippen LogP contribution in [0.4, 0.5) is 5.69 Å². The minimum Gasteiger partial charge on any atom is -0.382 e. The van der Waals surface area contributed by atoms with Crippen LogP contribution in [0.3, 0.4) is 0 Å². The van der Waals surface area contributed by atoms with Crippen LogP contribution < -0.4 is 5.32 Å². The maximum atomic E-state index is 11.6. The second-order valence-corrected chi connectivity index (χ2v) is 8.07. The number of hydrogen-bond acceptors (Lipinski definition) is 4. The predicted octanol–water partition coefficient (Wildman–Crippen LogP) is 2.23. The summed E-state index contributed by atoms with van der Waals surface area (Å²) in [6.45, 7) is 5.53. The fraction of sp³-hybridized carbons (Fsp3) is 0.600. The Hall–Kier alpha value is -1.07. The zero-order chi connectivity index (χ0) is 14.9. The summed E-state index contributed by atoms with van der Waals surface area (Å²) in [4.78, 5) is 2.74. The molecule has 20 heavy (non-hydrogen) atoms. The van der Waals surface area contributed by atoms with E-state index in [2.05, 4.69) is 31.1 Å². The first-order chi connectivity index (χ1) is 9.27. The zero-order valence-corrected chi connectivity index (χ0v) is 13.4. The summed E-state index contributed by atoms with van der Waals surface area (Å²) in [6.07, 6.45) is 2.31. The Morgan fingerprint density at radius 2 is 2.00 bits per heavy atom. The Kier molecular flexibility index (Phi) is 4.39. The normalized spacial score (nSPS) is 28.3. The lowest BCUT2D eigenvalue weighted by Gasteiger charge is -2.40. The lowest BCUT2D eigenvalue weighted by molar-refractivity contribution is 0.145. The van der Waals surface area contributed by atoms with Crippen LogP contribution in [0.25, 0.3) is 0 Å². The van der Waals surface area contributed by atoms with Crippen LogP contribution >= 0.6 is 0 Å². The molecule has 1 fully saturated rings. The first-order valence-corrected chi connectivity index (χ1v) is 8.93. The summed E-state index contributed by atoms with van der Waals surface area (Å²) in [6, 6.07) is 8.02.